The molecule has 1 nitrogen and oxygen atoms in total. The molecule has 0 amide bonds. The molecule has 0 fully saturated rings. The molecule has 0 aliphatic carbocycles. The molecule has 14 heavy (non-hydrogen) atoms. The van der Waals surface area contributed by atoms with Gasteiger partial charge in [-0.15, -0.1) is 11.8 Å². The van der Waals surface area contributed by atoms with Gasteiger partial charge in [-0.2, -0.15) is 0 Å². The predicted octanol–water partition coefficient (Wildman–Crippen LogP) is 2.83. The van der Waals surface area contributed by atoms with Gasteiger partial charge in [0.1, 0.15) is 0 Å². The number of thioether (sulfide) groups is 1. The van der Waals surface area contributed by atoms with Crippen LogP contribution in [0.25, 0.3) is 0 Å². The van der Waals surface area contributed by atoms with Crippen LogP contribution in [0.1, 0.15) is 25.8 Å². The molecular formula is C12H17NS. The van der Waals surface area contributed by atoms with Crippen LogP contribution in [0.2, 0.25) is 0 Å². The van der Waals surface area contributed by atoms with E-state index in [1.165, 1.54) is 16.9 Å². The summed E-state index contributed by atoms with van der Waals surface area (Å²) in [6.07, 6.45) is 2.27. The van der Waals surface area contributed by atoms with E-state index in [9.17, 15) is 0 Å². The zero-order valence-corrected chi connectivity index (χ0v) is 9.60. The van der Waals surface area contributed by atoms with Crippen LogP contribution >= 0.6 is 11.8 Å². The summed E-state index contributed by atoms with van der Waals surface area (Å²) in [6.45, 7) is 4.22. The van der Waals surface area contributed by atoms with Gasteiger partial charge in [0.2, 0.25) is 0 Å². The Bertz CT molecular complexity index is 302. The summed E-state index contributed by atoms with van der Waals surface area (Å²) in [7, 11) is 0. The standard InChI is InChI=1S/C12H17NS/c1-12(2,13)8-10-7-9-5-3-4-6-11(9)14-10/h3-6,10H,7-8,13H2,1-2H3. The topological polar surface area (TPSA) is 26.0 Å². The van der Waals surface area contributed by atoms with Crippen molar-refractivity contribution in [3.05, 3.63) is 29.8 Å². The Balaban J connectivity index is 2.05. The van der Waals surface area contributed by atoms with Crippen molar-refractivity contribution in [2.24, 2.45) is 5.73 Å². The molecule has 0 radical (unpaired) electrons. The fourth-order valence-corrected chi connectivity index (χ4v) is 3.55. The van der Waals surface area contributed by atoms with Gasteiger partial charge in [0.15, 0.2) is 0 Å². The third-order valence-electron chi connectivity index (χ3n) is 2.47. The van der Waals surface area contributed by atoms with Gasteiger partial charge in [-0.1, -0.05) is 18.2 Å². The van der Waals surface area contributed by atoms with Gasteiger partial charge in [0, 0.05) is 15.7 Å². The van der Waals surface area contributed by atoms with Crippen molar-refractivity contribution in [3.63, 3.8) is 0 Å². The second kappa shape index (κ2) is 3.59. The summed E-state index contributed by atoms with van der Waals surface area (Å²) in [5.74, 6) is 0. The first-order valence-electron chi connectivity index (χ1n) is 5.08. The van der Waals surface area contributed by atoms with Crippen LogP contribution in [0.5, 0.6) is 0 Å². The Kier molecular flexibility index (Phi) is 2.58. The summed E-state index contributed by atoms with van der Waals surface area (Å²) in [6, 6.07) is 8.67. The summed E-state index contributed by atoms with van der Waals surface area (Å²) in [5, 5.41) is 0.674. The van der Waals surface area contributed by atoms with Crippen LogP contribution in [-0.4, -0.2) is 10.8 Å². The minimum absolute atomic E-state index is 0.0420. The van der Waals surface area contributed by atoms with Gasteiger partial charge >= 0.3 is 0 Å². The Morgan fingerprint density at radius 2 is 2.14 bits per heavy atom. The van der Waals surface area contributed by atoms with E-state index in [4.69, 9.17) is 5.73 Å². The van der Waals surface area contributed by atoms with E-state index < -0.39 is 0 Å². The van der Waals surface area contributed by atoms with E-state index in [1.54, 1.807) is 0 Å². The van der Waals surface area contributed by atoms with E-state index in [-0.39, 0.29) is 5.54 Å². The Labute approximate surface area is 90.1 Å². The van der Waals surface area contributed by atoms with Crippen LogP contribution in [0.15, 0.2) is 29.2 Å². The van der Waals surface area contributed by atoms with Crippen molar-refractivity contribution < 1.29 is 0 Å². The minimum Gasteiger partial charge on any atom is -0.326 e. The zero-order valence-electron chi connectivity index (χ0n) is 8.79. The van der Waals surface area contributed by atoms with Crippen LogP contribution in [0.3, 0.4) is 0 Å². The van der Waals surface area contributed by atoms with Crippen LogP contribution in [0, 0.1) is 0 Å². The van der Waals surface area contributed by atoms with Crippen LogP contribution in [-0.2, 0) is 6.42 Å². The van der Waals surface area contributed by atoms with Crippen molar-refractivity contribution in [1.29, 1.82) is 0 Å². The first-order chi connectivity index (χ1) is 6.54. The van der Waals surface area contributed by atoms with Gasteiger partial charge in [0.05, 0.1) is 0 Å². The number of hydrogen-bond acceptors (Lipinski definition) is 2. The molecule has 1 atom stereocenters. The van der Waals surface area contributed by atoms with E-state index in [2.05, 4.69) is 38.1 Å². The molecule has 1 unspecified atom stereocenters. The largest absolute Gasteiger partial charge is 0.326 e. The minimum atomic E-state index is -0.0420. The number of hydrogen-bond donors (Lipinski definition) is 1. The van der Waals surface area contributed by atoms with Crippen molar-refractivity contribution in [2.45, 2.75) is 42.4 Å². The molecule has 1 heterocycles. The Morgan fingerprint density at radius 1 is 1.43 bits per heavy atom. The molecule has 0 aromatic heterocycles. The van der Waals surface area contributed by atoms with Gasteiger partial charge in [0.25, 0.3) is 0 Å². The van der Waals surface area contributed by atoms with Crippen molar-refractivity contribution in [2.75, 3.05) is 0 Å². The second-order valence-electron chi connectivity index (χ2n) is 4.74. The fourth-order valence-electron chi connectivity index (χ4n) is 1.95. The molecule has 2 heteroatoms. The molecule has 0 saturated carbocycles. The van der Waals surface area contributed by atoms with Gasteiger partial charge in [-0.05, 0) is 38.3 Å². The van der Waals surface area contributed by atoms with Crippen molar-refractivity contribution >= 4 is 11.8 Å². The highest BCUT2D eigenvalue weighted by Gasteiger charge is 2.26. The van der Waals surface area contributed by atoms with Gasteiger partial charge in [-0.3, -0.25) is 0 Å². The molecule has 1 aliphatic heterocycles. The lowest BCUT2D eigenvalue weighted by molar-refractivity contribution is 0.468. The monoisotopic (exact) mass is 207 g/mol. The molecular weight excluding hydrogens is 190 g/mol. The Hall–Kier alpha value is -0.470. The molecule has 76 valence electrons. The first kappa shape index (κ1) is 10.1. The summed E-state index contributed by atoms with van der Waals surface area (Å²) < 4.78 is 0. The summed E-state index contributed by atoms with van der Waals surface area (Å²) >= 11 is 1.98. The number of fused-ring (bicyclic) bond motifs is 1. The SMILES string of the molecule is CC(C)(N)CC1Cc2ccccc2S1. The lowest BCUT2D eigenvalue weighted by Gasteiger charge is -2.22. The van der Waals surface area contributed by atoms with Crippen LogP contribution in [0.4, 0.5) is 0 Å². The maximum Gasteiger partial charge on any atom is 0.0152 e. The fraction of sp³-hybridized carbons (Fsp3) is 0.500. The quantitative estimate of drug-likeness (QED) is 0.807. The highest BCUT2D eigenvalue weighted by atomic mass is 32.2. The van der Waals surface area contributed by atoms with Crippen LogP contribution < -0.4 is 5.73 Å². The molecule has 0 spiro atoms. The molecule has 1 aromatic rings. The zero-order chi connectivity index (χ0) is 10.2. The maximum atomic E-state index is 6.04. The van der Waals surface area contributed by atoms with Gasteiger partial charge in [-0.25, -0.2) is 0 Å². The molecule has 1 aromatic carbocycles. The van der Waals surface area contributed by atoms with Crippen molar-refractivity contribution in [3.8, 4) is 0 Å². The lowest BCUT2D eigenvalue weighted by Crippen LogP contribution is -2.35. The number of benzene rings is 1. The Morgan fingerprint density at radius 3 is 2.79 bits per heavy atom. The average molecular weight is 207 g/mol. The lowest BCUT2D eigenvalue weighted by atomic mass is 9.97. The highest BCUT2D eigenvalue weighted by Crippen LogP contribution is 2.39. The second-order valence-corrected chi connectivity index (χ2v) is 6.09. The van der Waals surface area contributed by atoms with E-state index in [0.29, 0.717) is 5.25 Å². The molecule has 2 N–H and O–H groups in total. The molecule has 2 rings (SSSR count). The number of nitrogens with two attached hydrogens (primary N) is 1. The van der Waals surface area contributed by atoms with E-state index >= 15 is 0 Å². The third-order valence-corrected chi connectivity index (χ3v) is 3.79. The third kappa shape index (κ3) is 2.31. The normalized spacial score (nSPS) is 20.9. The van der Waals surface area contributed by atoms with Crippen molar-refractivity contribution in [1.82, 2.24) is 0 Å². The smallest absolute Gasteiger partial charge is 0.0152 e. The first-order valence-corrected chi connectivity index (χ1v) is 5.96. The molecule has 1 aliphatic rings. The van der Waals surface area contributed by atoms with Gasteiger partial charge < -0.3 is 5.73 Å². The molecule has 0 bridgehead atoms. The average Bonchev–Trinajstić information content (AvgIpc) is 2.42. The summed E-state index contributed by atoms with van der Waals surface area (Å²) in [5.41, 5.74) is 7.49. The highest BCUT2D eigenvalue weighted by molar-refractivity contribution is 8.00. The summed E-state index contributed by atoms with van der Waals surface area (Å²) in [4.78, 5) is 1.45. The van der Waals surface area contributed by atoms with E-state index in [1.807, 2.05) is 11.8 Å². The molecule has 0 saturated heterocycles. The van der Waals surface area contributed by atoms with E-state index in [0.717, 1.165) is 6.42 Å². The predicted molar refractivity (Wildman–Crippen MR) is 62.7 cm³/mol. The maximum absolute atomic E-state index is 6.04. The number of rotatable bonds is 2.